The van der Waals surface area contributed by atoms with Gasteiger partial charge in [-0.2, -0.15) is 0 Å². The van der Waals surface area contributed by atoms with Crippen LogP contribution in [-0.4, -0.2) is 35.2 Å². The molecule has 0 radical (unpaired) electrons. The van der Waals surface area contributed by atoms with Crippen LogP contribution >= 0.6 is 0 Å². The lowest BCUT2D eigenvalue weighted by atomic mass is 10.1. The number of hydrogen-bond donors (Lipinski definition) is 0. The van der Waals surface area contributed by atoms with Crippen molar-refractivity contribution >= 4 is 11.9 Å². The molecule has 1 saturated heterocycles. The lowest BCUT2D eigenvalue weighted by molar-refractivity contribution is -0.173. The average Bonchev–Trinajstić information content (AvgIpc) is 2.33. The summed E-state index contributed by atoms with van der Waals surface area (Å²) in [5.74, 6) is -0.546. The maximum atomic E-state index is 12.0. The number of nitrogens with zero attached hydrogens (tertiary/aromatic N) is 1. The molecule has 0 bridgehead atoms. The summed E-state index contributed by atoms with van der Waals surface area (Å²) in [4.78, 5) is 24.8. The van der Waals surface area contributed by atoms with E-state index in [0.717, 1.165) is 0 Å². The second-order valence-electron chi connectivity index (χ2n) is 5.17. The highest BCUT2D eigenvalue weighted by Gasteiger charge is 2.43. The van der Waals surface area contributed by atoms with Crippen LogP contribution in [0.25, 0.3) is 0 Å². The fourth-order valence-electron chi connectivity index (χ4n) is 1.82. The molecular formula is C12H17NO4. The molecule has 0 aromatic carbocycles. The normalized spacial score (nSPS) is 24.4. The number of carbonyl (C=O) groups is 2. The summed E-state index contributed by atoms with van der Waals surface area (Å²) in [6.45, 7) is 5.93. The SMILES string of the molecule is CC(C)(C)OC(=O)C1=CCCOC2CC(=O)N12. The predicted molar refractivity (Wildman–Crippen MR) is 59.7 cm³/mol. The third kappa shape index (κ3) is 2.49. The molecule has 1 unspecified atom stereocenters. The van der Waals surface area contributed by atoms with Gasteiger partial charge < -0.3 is 9.47 Å². The van der Waals surface area contributed by atoms with Crippen LogP contribution in [0.1, 0.15) is 33.6 Å². The van der Waals surface area contributed by atoms with Gasteiger partial charge in [-0.05, 0) is 27.2 Å². The van der Waals surface area contributed by atoms with Crippen LogP contribution in [0, 0.1) is 0 Å². The van der Waals surface area contributed by atoms with Crippen LogP contribution in [0.15, 0.2) is 11.8 Å². The highest BCUT2D eigenvalue weighted by atomic mass is 16.6. The minimum Gasteiger partial charge on any atom is -0.455 e. The molecule has 2 aliphatic rings. The number of amides is 1. The Kier molecular flexibility index (Phi) is 2.95. The topological polar surface area (TPSA) is 55.8 Å². The molecule has 0 saturated carbocycles. The number of hydrogen-bond acceptors (Lipinski definition) is 4. The van der Waals surface area contributed by atoms with Crippen molar-refractivity contribution in [2.24, 2.45) is 0 Å². The zero-order chi connectivity index (χ0) is 12.6. The molecule has 2 aliphatic heterocycles. The highest BCUT2D eigenvalue weighted by molar-refractivity contribution is 5.97. The van der Waals surface area contributed by atoms with E-state index in [2.05, 4.69) is 0 Å². The highest BCUT2D eigenvalue weighted by Crippen LogP contribution is 2.29. The largest absolute Gasteiger partial charge is 0.455 e. The maximum absolute atomic E-state index is 12.0. The minimum atomic E-state index is -0.561. The minimum absolute atomic E-state index is 0.0889. The Morgan fingerprint density at radius 3 is 2.82 bits per heavy atom. The van der Waals surface area contributed by atoms with Gasteiger partial charge in [-0.3, -0.25) is 9.69 Å². The molecule has 0 spiro atoms. The summed E-state index contributed by atoms with van der Waals surface area (Å²) in [6, 6.07) is 0. The molecule has 1 atom stereocenters. The fraction of sp³-hybridized carbons (Fsp3) is 0.667. The molecule has 0 aliphatic carbocycles. The Labute approximate surface area is 100 Å². The van der Waals surface area contributed by atoms with Crippen LogP contribution in [0.4, 0.5) is 0 Å². The third-order valence-electron chi connectivity index (χ3n) is 2.54. The number of ether oxygens (including phenoxy) is 2. The Bertz CT molecular complexity index is 380. The van der Waals surface area contributed by atoms with Crippen LogP contribution in [0.3, 0.4) is 0 Å². The van der Waals surface area contributed by atoms with Crippen LogP contribution in [0.5, 0.6) is 0 Å². The predicted octanol–water partition coefficient (Wildman–Crippen LogP) is 1.19. The quantitative estimate of drug-likeness (QED) is 0.509. The number of carbonyl (C=O) groups excluding carboxylic acids is 2. The Hall–Kier alpha value is -1.36. The fourth-order valence-corrected chi connectivity index (χ4v) is 1.82. The zero-order valence-corrected chi connectivity index (χ0v) is 10.4. The summed E-state index contributed by atoms with van der Waals surface area (Å²) < 4.78 is 10.7. The van der Waals surface area contributed by atoms with Crippen LogP contribution < -0.4 is 0 Å². The van der Waals surface area contributed by atoms with Crippen molar-refractivity contribution < 1.29 is 19.1 Å². The van der Waals surface area contributed by atoms with Gasteiger partial charge in [0, 0.05) is 0 Å². The molecule has 94 valence electrons. The number of rotatable bonds is 1. The van der Waals surface area contributed by atoms with Gasteiger partial charge >= 0.3 is 5.97 Å². The van der Waals surface area contributed by atoms with Crippen molar-refractivity contribution in [3.05, 3.63) is 11.8 Å². The first kappa shape index (κ1) is 12.1. The van der Waals surface area contributed by atoms with Gasteiger partial charge in [-0.25, -0.2) is 4.79 Å². The van der Waals surface area contributed by atoms with Crippen LogP contribution in [0.2, 0.25) is 0 Å². The molecule has 1 amide bonds. The Balaban J connectivity index is 2.14. The average molecular weight is 239 g/mol. The van der Waals surface area contributed by atoms with E-state index in [1.54, 1.807) is 26.8 Å². The molecule has 5 nitrogen and oxygen atoms in total. The van der Waals surface area contributed by atoms with Crippen molar-refractivity contribution in [2.45, 2.75) is 45.4 Å². The van der Waals surface area contributed by atoms with Crippen molar-refractivity contribution in [1.82, 2.24) is 4.90 Å². The Morgan fingerprint density at radius 2 is 2.24 bits per heavy atom. The first-order valence-electron chi connectivity index (χ1n) is 5.76. The van der Waals surface area contributed by atoms with Gasteiger partial charge in [0.15, 0.2) is 0 Å². The monoisotopic (exact) mass is 239 g/mol. The van der Waals surface area contributed by atoms with E-state index in [1.165, 1.54) is 4.90 Å². The molecule has 2 rings (SSSR count). The summed E-state index contributed by atoms with van der Waals surface area (Å²) in [6.07, 6.45) is 2.39. The second-order valence-corrected chi connectivity index (χ2v) is 5.17. The maximum Gasteiger partial charge on any atom is 0.355 e. The summed E-state index contributed by atoms with van der Waals surface area (Å²) in [5.41, 5.74) is -0.243. The molecule has 0 N–H and O–H groups in total. The lowest BCUT2D eigenvalue weighted by Gasteiger charge is -2.39. The van der Waals surface area contributed by atoms with Crippen molar-refractivity contribution in [3.8, 4) is 0 Å². The molecular weight excluding hydrogens is 222 g/mol. The lowest BCUT2D eigenvalue weighted by Crippen LogP contribution is -2.54. The van der Waals surface area contributed by atoms with Gasteiger partial charge in [-0.15, -0.1) is 0 Å². The number of fused-ring (bicyclic) bond motifs is 1. The van der Waals surface area contributed by atoms with E-state index in [0.29, 0.717) is 25.1 Å². The van der Waals surface area contributed by atoms with E-state index in [1.807, 2.05) is 0 Å². The van der Waals surface area contributed by atoms with Crippen molar-refractivity contribution in [1.29, 1.82) is 0 Å². The van der Waals surface area contributed by atoms with E-state index in [4.69, 9.17) is 9.47 Å². The second kappa shape index (κ2) is 4.14. The van der Waals surface area contributed by atoms with E-state index in [-0.39, 0.29) is 12.1 Å². The zero-order valence-electron chi connectivity index (χ0n) is 10.4. The van der Waals surface area contributed by atoms with Gasteiger partial charge in [0.05, 0.1) is 13.0 Å². The standard InChI is InChI=1S/C12H17NO4/c1-12(2,3)17-11(15)8-5-4-6-16-10-7-9(14)13(8)10/h5,10H,4,6-7H2,1-3H3. The van der Waals surface area contributed by atoms with Crippen molar-refractivity contribution in [2.75, 3.05) is 6.61 Å². The molecule has 2 heterocycles. The summed E-state index contributed by atoms with van der Waals surface area (Å²) >= 11 is 0. The van der Waals surface area contributed by atoms with Crippen LogP contribution in [-0.2, 0) is 19.1 Å². The molecule has 5 heteroatoms. The van der Waals surface area contributed by atoms with E-state index in [9.17, 15) is 9.59 Å². The molecule has 1 fully saturated rings. The summed E-state index contributed by atoms with van der Waals surface area (Å²) in [7, 11) is 0. The first-order valence-corrected chi connectivity index (χ1v) is 5.76. The molecule has 0 aromatic heterocycles. The van der Waals surface area contributed by atoms with Gasteiger partial charge in [0.1, 0.15) is 17.5 Å². The third-order valence-corrected chi connectivity index (χ3v) is 2.54. The van der Waals surface area contributed by atoms with E-state index < -0.39 is 11.6 Å². The molecule has 17 heavy (non-hydrogen) atoms. The van der Waals surface area contributed by atoms with E-state index >= 15 is 0 Å². The van der Waals surface area contributed by atoms with Gasteiger partial charge in [0.2, 0.25) is 5.91 Å². The molecule has 0 aromatic rings. The summed E-state index contributed by atoms with van der Waals surface area (Å²) in [5, 5.41) is 0. The first-order chi connectivity index (χ1) is 7.88. The number of esters is 1. The van der Waals surface area contributed by atoms with Gasteiger partial charge in [-0.1, -0.05) is 6.08 Å². The smallest absolute Gasteiger partial charge is 0.355 e. The number of β-lactam (4-membered cyclic amide) rings is 1. The van der Waals surface area contributed by atoms with Gasteiger partial charge in [0.25, 0.3) is 0 Å². The Morgan fingerprint density at radius 1 is 1.53 bits per heavy atom. The van der Waals surface area contributed by atoms with Crippen molar-refractivity contribution in [3.63, 3.8) is 0 Å².